The average molecular weight is 138 g/mol. The summed E-state index contributed by atoms with van der Waals surface area (Å²) in [6.07, 6.45) is 6.09. The van der Waals surface area contributed by atoms with E-state index in [0.29, 0.717) is 0 Å². The molecule has 0 aliphatic heterocycles. The molecular weight excluding hydrogens is 124 g/mol. The van der Waals surface area contributed by atoms with E-state index in [4.69, 9.17) is 0 Å². The highest BCUT2D eigenvalue weighted by molar-refractivity contribution is 5.63. The maximum Gasteiger partial charge on any atom is 0.126 e. The van der Waals surface area contributed by atoms with Crippen LogP contribution in [0.2, 0.25) is 0 Å². The Hall–Kier alpha value is -0.330. The van der Waals surface area contributed by atoms with Crippen LogP contribution in [0.1, 0.15) is 32.6 Å². The van der Waals surface area contributed by atoms with Crippen molar-refractivity contribution >= 4 is 6.29 Å². The standard InChI is InChI=1S/C9H14O/c1-7-4-8(7)5-9(6-10)2-3-9/h6-8H,2-5H2,1H3. The van der Waals surface area contributed by atoms with Crippen molar-refractivity contribution in [1.82, 2.24) is 0 Å². The van der Waals surface area contributed by atoms with Crippen LogP contribution in [0.4, 0.5) is 0 Å². The highest BCUT2D eigenvalue weighted by Gasteiger charge is 2.48. The number of rotatable bonds is 3. The topological polar surface area (TPSA) is 17.1 Å². The first-order valence-electron chi connectivity index (χ1n) is 4.22. The van der Waals surface area contributed by atoms with Crippen LogP contribution in [-0.4, -0.2) is 6.29 Å². The fraction of sp³-hybridized carbons (Fsp3) is 0.889. The van der Waals surface area contributed by atoms with Crippen LogP contribution >= 0.6 is 0 Å². The SMILES string of the molecule is CC1CC1CC1(C=O)CC1. The molecule has 2 fully saturated rings. The van der Waals surface area contributed by atoms with Crippen molar-refractivity contribution in [3.05, 3.63) is 0 Å². The van der Waals surface area contributed by atoms with Crippen molar-refractivity contribution in [3.8, 4) is 0 Å². The molecule has 0 aromatic heterocycles. The Bertz CT molecular complexity index is 158. The molecule has 2 unspecified atom stereocenters. The van der Waals surface area contributed by atoms with Crippen LogP contribution < -0.4 is 0 Å². The Morgan fingerprint density at radius 3 is 2.50 bits per heavy atom. The first-order chi connectivity index (χ1) is 4.76. The molecule has 2 saturated carbocycles. The van der Waals surface area contributed by atoms with Gasteiger partial charge < -0.3 is 4.79 Å². The summed E-state index contributed by atoms with van der Waals surface area (Å²) >= 11 is 0. The molecule has 0 amide bonds. The van der Waals surface area contributed by atoms with Crippen LogP contribution in [0.15, 0.2) is 0 Å². The highest BCUT2D eigenvalue weighted by Crippen LogP contribution is 2.55. The van der Waals surface area contributed by atoms with E-state index in [1.54, 1.807) is 0 Å². The zero-order chi connectivity index (χ0) is 7.19. The third kappa shape index (κ3) is 0.979. The quantitative estimate of drug-likeness (QED) is 0.545. The third-order valence-electron chi connectivity index (χ3n) is 3.09. The normalized spacial score (nSPS) is 40.9. The van der Waals surface area contributed by atoms with Crippen LogP contribution in [0.5, 0.6) is 0 Å². The summed E-state index contributed by atoms with van der Waals surface area (Å²) in [7, 11) is 0. The van der Waals surface area contributed by atoms with Gasteiger partial charge in [-0.2, -0.15) is 0 Å². The molecule has 0 saturated heterocycles. The van der Waals surface area contributed by atoms with Gasteiger partial charge in [-0.15, -0.1) is 0 Å². The Balaban J connectivity index is 1.85. The third-order valence-corrected chi connectivity index (χ3v) is 3.09. The second-order valence-corrected chi connectivity index (χ2v) is 4.16. The number of hydrogen-bond acceptors (Lipinski definition) is 1. The lowest BCUT2D eigenvalue weighted by atomic mass is 10.0. The maximum absolute atomic E-state index is 10.6. The van der Waals surface area contributed by atoms with E-state index in [-0.39, 0.29) is 5.41 Å². The molecule has 2 aliphatic carbocycles. The van der Waals surface area contributed by atoms with E-state index >= 15 is 0 Å². The van der Waals surface area contributed by atoms with Gasteiger partial charge in [0, 0.05) is 5.41 Å². The minimum atomic E-state index is 0.176. The van der Waals surface area contributed by atoms with Crippen molar-refractivity contribution < 1.29 is 4.79 Å². The van der Waals surface area contributed by atoms with Gasteiger partial charge in [-0.3, -0.25) is 0 Å². The number of aldehydes is 1. The molecule has 0 aromatic carbocycles. The van der Waals surface area contributed by atoms with Crippen molar-refractivity contribution in [2.75, 3.05) is 0 Å². The summed E-state index contributed by atoms with van der Waals surface area (Å²) in [5.41, 5.74) is 0.176. The lowest BCUT2D eigenvalue weighted by molar-refractivity contribution is -0.112. The minimum absolute atomic E-state index is 0.176. The fourth-order valence-corrected chi connectivity index (χ4v) is 1.74. The zero-order valence-electron chi connectivity index (χ0n) is 6.47. The van der Waals surface area contributed by atoms with E-state index in [1.807, 2.05) is 0 Å². The Labute approximate surface area is 61.8 Å². The van der Waals surface area contributed by atoms with Crippen molar-refractivity contribution in [1.29, 1.82) is 0 Å². The van der Waals surface area contributed by atoms with Gasteiger partial charge in [-0.05, 0) is 37.5 Å². The fourth-order valence-electron chi connectivity index (χ4n) is 1.74. The number of carbonyl (C=O) groups excluding carboxylic acids is 1. The first-order valence-corrected chi connectivity index (χ1v) is 4.22. The molecule has 2 atom stereocenters. The van der Waals surface area contributed by atoms with Crippen molar-refractivity contribution in [2.45, 2.75) is 32.6 Å². The second kappa shape index (κ2) is 1.84. The van der Waals surface area contributed by atoms with Gasteiger partial charge in [0.15, 0.2) is 0 Å². The largest absolute Gasteiger partial charge is 0.303 e. The van der Waals surface area contributed by atoms with Crippen LogP contribution in [-0.2, 0) is 4.79 Å². The Kier molecular flexibility index (Phi) is 1.17. The van der Waals surface area contributed by atoms with Crippen molar-refractivity contribution in [3.63, 3.8) is 0 Å². The van der Waals surface area contributed by atoms with Crippen LogP contribution in [0.3, 0.4) is 0 Å². The summed E-state index contributed by atoms with van der Waals surface area (Å²) in [6.45, 7) is 2.28. The number of carbonyl (C=O) groups is 1. The highest BCUT2D eigenvalue weighted by atomic mass is 16.1. The molecule has 2 rings (SSSR count). The van der Waals surface area contributed by atoms with E-state index < -0.39 is 0 Å². The molecular formula is C9H14O. The minimum Gasteiger partial charge on any atom is -0.303 e. The van der Waals surface area contributed by atoms with Gasteiger partial charge in [0.25, 0.3) is 0 Å². The van der Waals surface area contributed by atoms with Gasteiger partial charge in [-0.1, -0.05) is 6.92 Å². The summed E-state index contributed by atoms with van der Waals surface area (Å²) in [5.74, 6) is 1.81. The smallest absolute Gasteiger partial charge is 0.126 e. The lowest BCUT2D eigenvalue weighted by Crippen LogP contribution is -2.02. The molecule has 0 aromatic rings. The molecule has 0 spiro atoms. The van der Waals surface area contributed by atoms with Gasteiger partial charge in [0.2, 0.25) is 0 Å². The molecule has 0 N–H and O–H groups in total. The summed E-state index contributed by atoms with van der Waals surface area (Å²) < 4.78 is 0. The maximum atomic E-state index is 10.6. The Morgan fingerprint density at radius 2 is 2.20 bits per heavy atom. The number of hydrogen-bond donors (Lipinski definition) is 0. The molecule has 10 heavy (non-hydrogen) atoms. The van der Waals surface area contributed by atoms with Crippen molar-refractivity contribution in [2.24, 2.45) is 17.3 Å². The summed E-state index contributed by atoms with van der Waals surface area (Å²) in [4.78, 5) is 10.6. The molecule has 1 heteroatoms. The predicted molar refractivity (Wildman–Crippen MR) is 39.6 cm³/mol. The van der Waals surface area contributed by atoms with E-state index in [9.17, 15) is 4.79 Å². The lowest BCUT2D eigenvalue weighted by Gasteiger charge is -2.03. The second-order valence-electron chi connectivity index (χ2n) is 4.16. The van der Waals surface area contributed by atoms with Crippen LogP contribution in [0, 0.1) is 17.3 Å². The zero-order valence-corrected chi connectivity index (χ0v) is 6.47. The predicted octanol–water partition coefficient (Wildman–Crippen LogP) is 2.01. The molecule has 2 aliphatic rings. The summed E-state index contributed by atoms with van der Waals surface area (Å²) in [5, 5.41) is 0. The van der Waals surface area contributed by atoms with Gasteiger partial charge in [0.1, 0.15) is 6.29 Å². The first kappa shape index (κ1) is 6.38. The van der Waals surface area contributed by atoms with E-state index in [2.05, 4.69) is 6.92 Å². The molecule has 0 bridgehead atoms. The van der Waals surface area contributed by atoms with E-state index in [1.165, 1.54) is 32.0 Å². The molecule has 0 radical (unpaired) electrons. The molecule has 0 heterocycles. The van der Waals surface area contributed by atoms with Gasteiger partial charge >= 0.3 is 0 Å². The van der Waals surface area contributed by atoms with Crippen LogP contribution in [0.25, 0.3) is 0 Å². The molecule has 56 valence electrons. The van der Waals surface area contributed by atoms with Gasteiger partial charge in [-0.25, -0.2) is 0 Å². The average Bonchev–Trinajstić information content (AvgIpc) is 2.78. The van der Waals surface area contributed by atoms with Gasteiger partial charge in [0.05, 0.1) is 0 Å². The summed E-state index contributed by atoms with van der Waals surface area (Å²) in [6, 6.07) is 0. The van der Waals surface area contributed by atoms with E-state index in [0.717, 1.165) is 11.8 Å². The monoisotopic (exact) mass is 138 g/mol. The molecule has 1 nitrogen and oxygen atoms in total. The Morgan fingerprint density at radius 1 is 1.60 bits per heavy atom.